The number of nitrogens with zero attached hydrogens (tertiary/aromatic N) is 3. The Labute approximate surface area is 222 Å². The van der Waals surface area contributed by atoms with Crippen LogP contribution in [0, 0.1) is 0 Å². The largest absolute Gasteiger partial charge is 0.491 e. The Morgan fingerprint density at radius 3 is 2.24 bits per heavy atom. The van der Waals surface area contributed by atoms with Crippen molar-refractivity contribution < 1.29 is 14.3 Å². The molecule has 1 fully saturated rings. The number of hydrogen-bond donors (Lipinski definition) is 0. The van der Waals surface area contributed by atoms with Crippen LogP contribution < -0.4 is 4.74 Å². The molecule has 0 N–H and O–H groups in total. The lowest BCUT2D eigenvalue weighted by atomic mass is 10.0. The van der Waals surface area contributed by atoms with Crippen LogP contribution in [-0.4, -0.2) is 78.4 Å². The number of para-hydroxylation sites is 1. The summed E-state index contributed by atoms with van der Waals surface area (Å²) in [4.78, 5) is 33.4. The first-order valence-corrected chi connectivity index (χ1v) is 14.2. The van der Waals surface area contributed by atoms with Gasteiger partial charge in [0.25, 0.3) is 5.91 Å². The van der Waals surface area contributed by atoms with Crippen LogP contribution in [0.25, 0.3) is 0 Å². The van der Waals surface area contributed by atoms with Crippen LogP contribution in [0.3, 0.4) is 0 Å². The maximum Gasteiger partial charge on any atom is 0.257 e. The van der Waals surface area contributed by atoms with Crippen LogP contribution in [0.5, 0.6) is 5.75 Å². The molecule has 2 aliphatic heterocycles. The summed E-state index contributed by atoms with van der Waals surface area (Å²) in [5.74, 6) is 0.817. The number of amides is 2. The number of carbonyl (C=O) groups is 2. The molecule has 1 saturated heterocycles. The number of fused-ring (bicyclic) bond motifs is 1. The molecule has 37 heavy (non-hydrogen) atoms. The van der Waals surface area contributed by atoms with E-state index in [1.54, 1.807) is 0 Å². The van der Waals surface area contributed by atoms with Crippen LogP contribution in [0.1, 0.15) is 67.8 Å². The van der Waals surface area contributed by atoms with Gasteiger partial charge in [-0.2, -0.15) is 0 Å². The van der Waals surface area contributed by atoms with Crippen molar-refractivity contribution in [1.82, 2.24) is 14.7 Å². The Hall–Kier alpha value is -2.86. The minimum absolute atomic E-state index is 0.0211. The number of rotatable bonds is 5. The molecule has 2 aliphatic rings. The maximum atomic E-state index is 13.8. The number of benzene rings is 2. The van der Waals surface area contributed by atoms with Gasteiger partial charge in [0.05, 0.1) is 18.2 Å². The van der Waals surface area contributed by atoms with Gasteiger partial charge in [0, 0.05) is 19.6 Å². The molecule has 2 aromatic carbocycles. The van der Waals surface area contributed by atoms with Gasteiger partial charge in [-0.15, -0.1) is 0 Å². The summed E-state index contributed by atoms with van der Waals surface area (Å²) in [5, 5.41) is 0. The first kappa shape index (κ1) is 27.2. The highest BCUT2D eigenvalue weighted by Gasteiger charge is 2.28. The van der Waals surface area contributed by atoms with Gasteiger partial charge >= 0.3 is 0 Å². The van der Waals surface area contributed by atoms with E-state index in [1.165, 1.54) is 24.8 Å². The van der Waals surface area contributed by atoms with Crippen molar-refractivity contribution in [2.45, 2.75) is 64.3 Å². The molecule has 0 aromatic heterocycles. The topological polar surface area (TPSA) is 53.1 Å². The molecule has 0 unspecified atom stereocenters. The second-order valence-corrected chi connectivity index (χ2v) is 10.4. The molecule has 0 bridgehead atoms. The Kier molecular flexibility index (Phi) is 10.4. The molecular formula is C31H43N3O3. The van der Waals surface area contributed by atoms with Gasteiger partial charge < -0.3 is 14.5 Å². The van der Waals surface area contributed by atoms with Crippen LogP contribution in [-0.2, 0) is 11.2 Å². The molecule has 0 aliphatic carbocycles. The van der Waals surface area contributed by atoms with E-state index < -0.39 is 0 Å². The zero-order chi connectivity index (χ0) is 25.9. The van der Waals surface area contributed by atoms with Crippen molar-refractivity contribution in [2.75, 3.05) is 45.9 Å². The number of carbonyl (C=O) groups excluding carboxylic acids is 2. The second-order valence-electron chi connectivity index (χ2n) is 10.4. The van der Waals surface area contributed by atoms with Crippen LogP contribution in [0.15, 0.2) is 54.6 Å². The summed E-state index contributed by atoms with van der Waals surface area (Å²) >= 11 is 0. The SMILES string of the molecule is CCN1CCCCCCN(C(=O)CN2CCCCC2)[C@@H](Cc2ccccc2)COc2ccccc2C1=O. The van der Waals surface area contributed by atoms with Gasteiger partial charge in [0.1, 0.15) is 12.4 Å². The predicted octanol–water partition coefficient (Wildman–Crippen LogP) is 5.03. The fourth-order valence-electron chi connectivity index (χ4n) is 5.52. The number of piperidine rings is 1. The smallest absolute Gasteiger partial charge is 0.257 e. The van der Waals surface area contributed by atoms with E-state index >= 15 is 0 Å². The highest BCUT2D eigenvalue weighted by molar-refractivity contribution is 5.96. The molecule has 0 radical (unpaired) electrons. The molecule has 2 heterocycles. The van der Waals surface area contributed by atoms with Crippen molar-refractivity contribution in [3.8, 4) is 5.75 Å². The molecule has 1 atom stereocenters. The molecule has 2 amide bonds. The first-order valence-electron chi connectivity index (χ1n) is 14.2. The Bertz CT molecular complexity index is 990. The number of hydrogen-bond acceptors (Lipinski definition) is 4. The molecule has 4 rings (SSSR count). The van der Waals surface area contributed by atoms with Gasteiger partial charge in [0.15, 0.2) is 0 Å². The van der Waals surface area contributed by atoms with E-state index in [1.807, 2.05) is 54.3 Å². The molecular weight excluding hydrogens is 462 g/mol. The first-order chi connectivity index (χ1) is 18.2. The van der Waals surface area contributed by atoms with Gasteiger partial charge in [-0.1, -0.05) is 61.7 Å². The summed E-state index contributed by atoms with van der Waals surface area (Å²) in [6.45, 7) is 7.05. The maximum absolute atomic E-state index is 13.8. The zero-order valence-corrected chi connectivity index (χ0v) is 22.4. The number of ether oxygens (including phenoxy) is 1. The summed E-state index contributed by atoms with van der Waals surface area (Å²) in [6.07, 6.45) is 8.36. The second kappa shape index (κ2) is 14.2. The average molecular weight is 506 g/mol. The van der Waals surface area contributed by atoms with Gasteiger partial charge in [-0.05, 0) is 69.8 Å². The minimum Gasteiger partial charge on any atom is -0.491 e. The monoisotopic (exact) mass is 505 g/mol. The number of likely N-dealkylation sites (tertiary alicyclic amines) is 1. The summed E-state index contributed by atoms with van der Waals surface area (Å²) in [5.41, 5.74) is 1.79. The quantitative estimate of drug-likeness (QED) is 0.572. The third-order valence-corrected chi connectivity index (χ3v) is 7.68. The Balaban J connectivity index is 1.60. The van der Waals surface area contributed by atoms with Crippen molar-refractivity contribution >= 4 is 11.8 Å². The third kappa shape index (κ3) is 7.81. The highest BCUT2D eigenvalue weighted by Crippen LogP contribution is 2.23. The highest BCUT2D eigenvalue weighted by atomic mass is 16.5. The van der Waals surface area contributed by atoms with E-state index in [2.05, 4.69) is 21.9 Å². The average Bonchev–Trinajstić information content (AvgIpc) is 2.93. The predicted molar refractivity (Wildman–Crippen MR) is 148 cm³/mol. The molecule has 2 aromatic rings. The Morgan fingerprint density at radius 1 is 0.838 bits per heavy atom. The lowest BCUT2D eigenvalue weighted by Gasteiger charge is -2.35. The standard InChI is InChI=1S/C31H43N3O3/c1-2-33-21-13-3-4-14-22-34(30(35)24-32-19-11-6-12-20-32)27(23-26-15-7-5-8-16-26)25-37-29-18-10-9-17-28(29)31(33)36/h5,7-10,15-18,27H,2-4,6,11-14,19-25H2,1H3/t27-/m0/s1. The van der Waals surface area contributed by atoms with Crippen LogP contribution in [0.2, 0.25) is 0 Å². The van der Waals surface area contributed by atoms with Crippen molar-refractivity contribution in [1.29, 1.82) is 0 Å². The third-order valence-electron chi connectivity index (χ3n) is 7.68. The van der Waals surface area contributed by atoms with E-state index in [4.69, 9.17) is 4.74 Å². The molecule has 0 spiro atoms. The minimum atomic E-state index is -0.104. The van der Waals surface area contributed by atoms with E-state index in [0.29, 0.717) is 31.0 Å². The molecule has 200 valence electrons. The normalized spacial score (nSPS) is 20.6. The summed E-state index contributed by atoms with van der Waals surface area (Å²) < 4.78 is 6.40. The van der Waals surface area contributed by atoms with Crippen LogP contribution in [0.4, 0.5) is 0 Å². The van der Waals surface area contributed by atoms with Crippen molar-refractivity contribution in [3.63, 3.8) is 0 Å². The molecule has 6 nitrogen and oxygen atoms in total. The Morgan fingerprint density at radius 2 is 1.49 bits per heavy atom. The fourth-order valence-corrected chi connectivity index (χ4v) is 5.52. The van der Waals surface area contributed by atoms with Crippen molar-refractivity contribution in [3.05, 3.63) is 65.7 Å². The lowest BCUT2D eigenvalue weighted by molar-refractivity contribution is -0.135. The van der Waals surface area contributed by atoms with E-state index in [-0.39, 0.29) is 17.9 Å². The lowest BCUT2D eigenvalue weighted by Crippen LogP contribution is -2.50. The van der Waals surface area contributed by atoms with Gasteiger partial charge in [0.2, 0.25) is 5.91 Å². The molecule has 6 heteroatoms. The van der Waals surface area contributed by atoms with E-state index in [0.717, 1.165) is 58.3 Å². The van der Waals surface area contributed by atoms with Crippen LogP contribution >= 0.6 is 0 Å². The van der Waals surface area contributed by atoms with Gasteiger partial charge in [-0.25, -0.2) is 0 Å². The van der Waals surface area contributed by atoms with Gasteiger partial charge in [-0.3, -0.25) is 14.5 Å². The summed E-state index contributed by atoms with van der Waals surface area (Å²) in [7, 11) is 0. The zero-order valence-electron chi connectivity index (χ0n) is 22.4. The van der Waals surface area contributed by atoms with Crippen molar-refractivity contribution in [2.24, 2.45) is 0 Å². The molecule has 0 saturated carbocycles. The summed E-state index contributed by atoms with van der Waals surface area (Å²) in [6, 6.07) is 17.8. The fraction of sp³-hybridized carbons (Fsp3) is 0.548. The van der Waals surface area contributed by atoms with E-state index in [9.17, 15) is 9.59 Å².